The fourth-order valence-electron chi connectivity index (χ4n) is 3.40. The highest BCUT2D eigenvalue weighted by Crippen LogP contribution is 2.37. The van der Waals surface area contributed by atoms with Crippen LogP contribution in [0.4, 0.5) is 5.69 Å². The van der Waals surface area contributed by atoms with Gasteiger partial charge in [-0.1, -0.05) is 54.6 Å². The first-order valence-corrected chi connectivity index (χ1v) is 10.1. The lowest BCUT2D eigenvalue weighted by atomic mass is 10.1. The first-order chi connectivity index (χ1) is 13.7. The summed E-state index contributed by atoms with van der Waals surface area (Å²) in [6, 6.07) is 21.7. The molecule has 0 fully saturated rings. The van der Waals surface area contributed by atoms with E-state index < -0.39 is 0 Å². The number of carbonyl (C=O) groups excluding carboxylic acids is 1. The second kappa shape index (κ2) is 7.87. The molecule has 4 aromatic rings. The number of thiophene rings is 1. The normalized spacial score (nSPS) is 11.0. The summed E-state index contributed by atoms with van der Waals surface area (Å²) >= 11 is 1.68. The molecule has 0 bridgehead atoms. The highest BCUT2D eigenvalue weighted by atomic mass is 32.1. The standard InChI is InChI=1S/C24H21NO2S/c1-2-3-12-23(26)25(16-19-15-18-9-5-7-11-22(18)28-19)21-14-13-17-8-4-6-10-20(17)24(21)27/h2,4-11,13-15,27H,1,3,12,16H2. The van der Waals surface area contributed by atoms with Gasteiger partial charge in [0.25, 0.3) is 0 Å². The number of nitrogens with zero attached hydrogens (tertiary/aromatic N) is 1. The van der Waals surface area contributed by atoms with Gasteiger partial charge in [-0.15, -0.1) is 17.9 Å². The molecule has 0 unspecified atom stereocenters. The molecule has 4 rings (SSSR count). The number of benzene rings is 3. The van der Waals surface area contributed by atoms with Crippen LogP contribution in [0.25, 0.3) is 20.9 Å². The van der Waals surface area contributed by atoms with E-state index in [2.05, 4.69) is 24.8 Å². The Morgan fingerprint density at radius 3 is 2.57 bits per heavy atom. The van der Waals surface area contributed by atoms with Crippen molar-refractivity contribution in [1.29, 1.82) is 0 Å². The van der Waals surface area contributed by atoms with Crippen LogP contribution in [0.3, 0.4) is 0 Å². The van der Waals surface area contributed by atoms with Gasteiger partial charge in [0.1, 0.15) is 5.75 Å². The van der Waals surface area contributed by atoms with Crippen LogP contribution in [0.2, 0.25) is 0 Å². The van der Waals surface area contributed by atoms with Gasteiger partial charge in [-0.25, -0.2) is 0 Å². The molecule has 0 atom stereocenters. The lowest BCUT2D eigenvalue weighted by Gasteiger charge is -2.24. The molecular formula is C24H21NO2S. The van der Waals surface area contributed by atoms with Crippen LogP contribution in [0, 0.1) is 0 Å². The highest BCUT2D eigenvalue weighted by Gasteiger charge is 2.21. The quantitative estimate of drug-likeness (QED) is 0.397. The minimum Gasteiger partial charge on any atom is -0.505 e. The number of phenols is 1. The largest absolute Gasteiger partial charge is 0.505 e. The Labute approximate surface area is 168 Å². The van der Waals surface area contributed by atoms with E-state index in [-0.39, 0.29) is 11.7 Å². The van der Waals surface area contributed by atoms with Crippen molar-refractivity contribution >= 4 is 43.8 Å². The van der Waals surface area contributed by atoms with Crippen LogP contribution in [-0.4, -0.2) is 11.0 Å². The molecule has 1 N–H and O–H groups in total. The monoisotopic (exact) mass is 387 g/mol. The maximum atomic E-state index is 13.0. The van der Waals surface area contributed by atoms with Crippen molar-refractivity contribution in [2.45, 2.75) is 19.4 Å². The molecule has 4 heteroatoms. The van der Waals surface area contributed by atoms with Crippen molar-refractivity contribution in [3.8, 4) is 5.75 Å². The Balaban J connectivity index is 1.76. The van der Waals surface area contributed by atoms with Gasteiger partial charge >= 0.3 is 0 Å². The third-order valence-electron chi connectivity index (χ3n) is 4.82. The van der Waals surface area contributed by atoms with Gasteiger partial charge in [0.15, 0.2) is 0 Å². The van der Waals surface area contributed by atoms with Gasteiger partial charge < -0.3 is 10.0 Å². The molecule has 0 spiro atoms. The minimum absolute atomic E-state index is 0.0251. The van der Waals surface area contributed by atoms with Crippen LogP contribution >= 0.6 is 11.3 Å². The first kappa shape index (κ1) is 18.3. The van der Waals surface area contributed by atoms with E-state index in [1.54, 1.807) is 22.3 Å². The molecule has 1 heterocycles. The summed E-state index contributed by atoms with van der Waals surface area (Å²) in [7, 11) is 0. The SMILES string of the molecule is C=CCCC(=O)N(Cc1cc2ccccc2s1)c1ccc2ccccc2c1O. The second-order valence-electron chi connectivity index (χ2n) is 6.71. The summed E-state index contributed by atoms with van der Waals surface area (Å²) in [6.45, 7) is 4.15. The van der Waals surface area contributed by atoms with Crippen molar-refractivity contribution in [2.75, 3.05) is 4.90 Å². The Bertz CT molecular complexity index is 1130. The number of phenolic OH excluding ortho intramolecular Hbond substituents is 1. The summed E-state index contributed by atoms with van der Waals surface area (Å²) in [5, 5.41) is 13.8. The van der Waals surface area contributed by atoms with E-state index in [1.165, 1.54) is 10.1 Å². The molecule has 140 valence electrons. The zero-order chi connectivity index (χ0) is 19.5. The first-order valence-electron chi connectivity index (χ1n) is 9.27. The minimum atomic E-state index is -0.0251. The molecule has 1 amide bonds. The molecule has 3 nitrogen and oxygen atoms in total. The number of amides is 1. The summed E-state index contributed by atoms with van der Waals surface area (Å²) in [4.78, 5) is 15.8. The summed E-state index contributed by atoms with van der Waals surface area (Å²) in [6.07, 6.45) is 2.71. The summed E-state index contributed by atoms with van der Waals surface area (Å²) in [5.41, 5.74) is 0.546. The van der Waals surface area contributed by atoms with E-state index >= 15 is 0 Å². The maximum Gasteiger partial charge on any atom is 0.227 e. The predicted molar refractivity (Wildman–Crippen MR) is 118 cm³/mol. The van der Waals surface area contributed by atoms with Crippen LogP contribution in [0.5, 0.6) is 5.75 Å². The zero-order valence-corrected chi connectivity index (χ0v) is 16.3. The molecule has 0 saturated carbocycles. The van der Waals surface area contributed by atoms with E-state index in [0.717, 1.165) is 15.6 Å². The second-order valence-corrected chi connectivity index (χ2v) is 7.88. The third kappa shape index (κ3) is 3.51. The van der Waals surface area contributed by atoms with Gasteiger partial charge in [0, 0.05) is 21.4 Å². The van der Waals surface area contributed by atoms with Crippen LogP contribution in [0.1, 0.15) is 17.7 Å². The molecule has 1 aromatic heterocycles. The third-order valence-corrected chi connectivity index (χ3v) is 5.92. The maximum absolute atomic E-state index is 13.0. The predicted octanol–water partition coefficient (Wildman–Crippen LogP) is 6.26. The number of rotatable bonds is 6. The molecule has 0 aliphatic heterocycles. The van der Waals surface area contributed by atoms with Crippen LogP contribution < -0.4 is 4.90 Å². The topological polar surface area (TPSA) is 40.5 Å². The Morgan fingerprint density at radius 2 is 1.79 bits per heavy atom. The summed E-state index contributed by atoms with van der Waals surface area (Å²) < 4.78 is 1.19. The number of anilines is 1. The molecular weight excluding hydrogens is 366 g/mol. The van der Waals surface area contributed by atoms with E-state index in [9.17, 15) is 9.90 Å². The van der Waals surface area contributed by atoms with Gasteiger partial charge in [-0.3, -0.25) is 4.79 Å². The average molecular weight is 388 g/mol. The molecule has 28 heavy (non-hydrogen) atoms. The van der Waals surface area contributed by atoms with E-state index in [0.29, 0.717) is 25.1 Å². The highest BCUT2D eigenvalue weighted by molar-refractivity contribution is 7.19. The van der Waals surface area contributed by atoms with E-state index in [4.69, 9.17) is 0 Å². The Morgan fingerprint density at radius 1 is 1.04 bits per heavy atom. The van der Waals surface area contributed by atoms with Crippen LogP contribution in [-0.2, 0) is 11.3 Å². The summed E-state index contributed by atoms with van der Waals surface area (Å²) in [5.74, 6) is 0.120. The van der Waals surface area contributed by atoms with E-state index in [1.807, 2.05) is 48.5 Å². The molecule has 0 radical (unpaired) electrons. The van der Waals surface area contributed by atoms with Crippen molar-refractivity contribution in [2.24, 2.45) is 0 Å². The van der Waals surface area contributed by atoms with Gasteiger partial charge in [-0.2, -0.15) is 0 Å². The molecule has 0 aliphatic rings. The number of hydrogen-bond donors (Lipinski definition) is 1. The fourth-order valence-corrected chi connectivity index (χ4v) is 4.45. The lowest BCUT2D eigenvalue weighted by molar-refractivity contribution is -0.118. The Kier molecular flexibility index (Phi) is 5.13. The number of carbonyl (C=O) groups is 1. The van der Waals surface area contributed by atoms with Gasteiger partial charge in [0.05, 0.1) is 12.2 Å². The Hall–Kier alpha value is -3.11. The number of fused-ring (bicyclic) bond motifs is 2. The fraction of sp³-hybridized carbons (Fsp3) is 0.125. The molecule has 0 aliphatic carbocycles. The smallest absolute Gasteiger partial charge is 0.227 e. The number of hydrogen-bond acceptors (Lipinski definition) is 3. The van der Waals surface area contributed by atoms with Crippen molar-refractivity contribution in [1.82, 2.24) is 0 Å². The number of allylic oxidation sites excluding steroid dienone is 1. The van der Waals surface area contributed by atoms with Gasteiger partial charge in [0.2, 0.25) is 5.91 Å². The van der Waals surface area contributed by atoms with Crippen molar-refractivity contribution < 1.29 is 9.90 Å². The van der Waals surface area contributed by atoms with Crippen molar-refractivity contribution in [3.63, 3.8) is 0 Å². The molecule has 3 aromatic carbocycles. The zero-order valence-electron chi connectivity index (χ0n) is 15.5. The van der Waals surface area contributed by atoms with Gasteiger partial charge in [-0.05, 0) is 35.4 Å². The lowest BCUT2D eigenvalue weighted by Crippen LogP contribution is -2.29. The average Bonchev–Trinajstić information content (AvgIpc) is 3.14. The molecule has 0 saturated heterocycles. The van der Waals surface area contributed by atoms with Crippen LogP contribution in [0.15, 0.2) is 79.4 Å². The van der Waals surface area contributed by atoms with Crippen molar-refractivity contribution in [3.05, 3.63) is 84.3 Å². The number of aromatic hydroxyl groups is 1.